The molecular formula is C33H31BrN2O6S. The van der Waals surface area contributed by atoms with E-state index < -0.39 is 12.0 Å². The fraction of sp³-hybridized carbons (Fsp3) is 0.242. The van der Waals surface area contributed by atoms with E-state index >= 15 is 0 Å². The van der Waals surface area contributed by atoms with Crippen LogP contribution >= 0.6 is 27.3 Å². The molecule has 0 bridgehead atoms. The molecule has 5 rings (SSSR count). The van der Waals surface area contributed by atoms with Crippen LogP contribution in [0.25, 0.3) is 6.08 Å². The van der Waals surface area contributed by atoms with Crippen LogP contribution in [0.3, 0.4) is 0 Å². The van der Waals surface area contributed by atoms with E-state index in [0.717, 1.165) is 16.7 Å². The van der Waals surface area contributed by atoms with Crippen molar-refractivity contribution in [3.63, 3.8) is 0 Å². The van der Waals surface area contributed by atoms with Gasteiger partial charge in [0.1, 0.15) is 12.4 Å². The van der Waals surface area contributed by atoms with E-state index in [4.69, 9.17) is 18.9 Å². The molecule has 0 N–H and O–H groups in total. The summed E-state index contributed by atoms with van der Waals surface area (Å²) in [5.41, 5.74) is 3.09. The lowest BCUT2D eigenvalue weighted by Gasteiger charge is -2.24. The molecule has 0 spiro atoms. The minimum absolute atomic E-state index is 0.206. The Morgan fingerprint density at radius 2 is 1.79 bits per heavy atom. The Bertz CT molecular complexity index is 1850. The molecule has 0 saturated carbocycles. The van der Waals surface area contributed by atoms with Gasteiger partial charge in [-0.05, 0) is 83.7 Å². The number of hydrogen-bond acceptors (Lipinski definition) is 8. The quantitative estimate of drug-likeness (QED) is 0.207. The molecular weight excluding hydrogens is 632 g/mol. The van der Waals surface area contributed by atoms with Crippen molar-refractivity contribution >= 4 is 39.3 Å². The second-order valence-corrected chi connectivity index (χ2v) is 11.5. The van der Waals surface area contributed by atoms with Crippen LogP contribution < -0.4 is 29.1 Å². The van der Waals surface area contributed by atoms with Crippen LogP contribution in [0.1, 0.15) is 43.5 Å². The number of esters is 1. The number of methoxy groups -OCH3 is 1. The third kappa shape index (κ3) is 6.45. The summed E-state index contributed by atoms with van der Waals surface area (Å²) in [6.45, 7) is 6.44. The van der Waals surface area contributed by atoms with E-state index in [1.54, 1.807) is 43.7 Å². The topological polar surface area (TPSA) is 88.4 Å². The average Bonchev–Trinajstić information content (AvgIpc) is 3.30. The lowest BCUT2D eigenvalue weighted by molar-refractivity contribution is -0.139. The molecule has 0 saturated heterocycles. The predicted octanol–water partition coefficient (Wildman–Crippen LogP) is 5.55. The number of allylic oxidation sites excluding steroid dienone is 1. The van der Waals surface area contributed by atoms with Gasteiger partial charge in [0.2, 0.25) is 0 Å². The molecule has 43 heavy (non-hydrogen) atoms. The predicted molar refractivity (Wildman–Crippen MR) is 169 cm³/mol. The molecule has 1 atom stereocenters. The van der Waals surface area contributed by atoms with Gasteiger partial charge < -0.3 is 18.9 Å². The third-order valence-electron chi connectivity index (χ3n) is 6.80. The van der Waals surface area contributed by atoms with Crippen LogP contribution in [-0.2, 0) is 16.1 Å². The summed E-state index contributed by atoms with van der Waals surface area (Å²) in [7, 11) is 1.59. The second kappa shape index (κ2) is 13.4. The summed E-state index contributed by atoms with van der Waals surface area (Å²) in [6, 6.07) is 20.2. The largest absolute Gasteiger partial charge is 0.497 e. The highest BCUT2D eigenvalue weighted by Crippen LogP contribution is 2.38. The molecule has 1 aromatic heterocycles. The van der Waals surface area contributed by atoms with E-state index in [9.17, 15) is 9.59 Å². The molecule has 2 heterocycles. The van der Waals surface area contributed by atoms with Gasteiger partial charge in [0.25, 0.3) is 5.56 Å². The first-order valence-corrected chi connectivity index (χ1v) is 15.4. The van der Waals surface area contributed by atoms with Crippen molar-refractivity contribution in [2.24, 2.45) is 4.99 Å². The number of aromatic nitrogens is 1. The van der Waals surface area contributed by atoms with Crippen LogP contribution in [0, 0.1) is 0 Å². The van der Waals surface area contributed by atoms with Crippen molar-refractivity contribution in [2.75, 3.05) is 20.3 Å². The Morgan fingerprint density at radius 3 is 2.47 bits per heavy atom. The molecule has 1 aliphatic heterocycles. The summed E-state index contributed by atoms with van der Waals surface area (Å²) in [6.07, 6.45) is 1.80. The minimum atomic E-state index is -0.706. The number of thiazole rings is 1. The molecule has 0 aliphatic carbocycles. The fourth-order valence-corrected chi connectivity index (χ4v) is 6.47. The number of carbonyl (C=O) groups is 1. The van der Waals surface area contributed by atoms with E-state index in [-0.39, 0.29) is 12.2 Å². The molecule has 1 aliphatic rings. The molecule has 0 radical (unpaired) electrons. The normalized spacial score (nSPS) is 14.6. The average molecular weight is 664 g/mol. The number of carbonyl (C=O) groups excluding carboxylic acids is 1. The van der Waals surface area contributed by atoms with E-state index in [1.807, 2.05) is 61.5 Å². The van der Waals surface area contributed by atoms with Gasteiger partial charge in [-0.1, -0.05) is 53.8 Å². The number of hydrogen-bond donors (Lipinski definition) is 0. The number of ether oxygens (including phenoxy) is 4. The number of nitrogens with zero attached hydrogens (tertiary/aromatic N) is 2. The smallest absolute Gasteiger partial charge is 0.338 e. The monoisotopic (exact) mass is 662 g/mol. The summed E-state index contributed by atoms with van der Waals surface area (Å²) in [4.78, 5) is 32.3. The van der Waals surface area contributed by atoms with Gasteiger partial charge in [0, 0.05) is 0 Å². The number of benzene rings is 3. The number of rotatable bonds is 10. The van der Waals surface area contributed by atoms with E-state index in [1.165, 1.54) is 11.3 Å². The standard InChI is InChI=1S/C33H31BrN2O6S/c1-5-40-26-17-22(16-25(34)30(26)42-19-21-10-8-7-9-11-21)18-27-31(37)36-29(23-12-14-24(39-4)15-13-23)28(32(38)41-6-2)20(3)35-33(36)43-27/h7-18,29H,5-6,19H2,1-4H3/b27-18-. The SMILES string of the molecule is CCOC(=O)C1=C(C)N=c2s/c(=C\c3cc(Br)c(OCc4ccccc4)c(OCC)c3)c(=O)n2C1c1ccc(OC)cc1. The summed E-state index contributed by atoms with van der Waals surface area (Å²) >= 11 is 4.90. The molecule has 3 aromatic carbocycles. The molecule has 222 valence electrons. The Balaban J connectivity index is 1.59. The van der Waals surface area contributed by atoms with Crippen LogP contribution in [0.5, 0.6) is 17.2 Å². The maximum absolute atomic E-state index is 14.0. The van der Waals surface area contributed by atoms with Crippen molar-refractivity contribution in [1.82, 2.24) is 4.57 Å². The van der Waals surface area contributed by atoms with Crippen LogP contribution in [0.15, 0.2) is 92.3 Å². The minimum Gasteiger partial charge on any atom is -0.497 e. The highest BCUT2D eigenvalue weighted by atomic mass is 79.9. The van der Waals surface area contributed by atoms with Crippen molar-refractivity contribution in [1.29, 1.82) is 0 Å². The molecule has 4 aromatic rings. The molecule has 0 amide bonds. The number of fused-ring (bicyclic) bond motifs is 1. The third-order valence-corrected chi connectivity index (χ3v) is 8.38. The van der Waals surface area contributed by atoms with Gasteiger partial charge in [-0.15, -0.1) is 0 Å². The Kier molecular flexibility index (Phi) is 9.47. The first kappa shape index (κ1) is 30.3. The molecule has 10 heteroatoms. The van der Waals surface area contributed by atoms with Gasteiger partial charge in [-0.3, -0.25) is 9.36 Å². The Labute approximate surface area is 261 Å². The van der Waals surface area contributed by atoms with Gasteiger partial charge in [0.15, 0.2) is 16.3 Å². The van der Waals surface area contributed by atoms with Crippen LogP contribution in [0.4, 0.5) is 0 Å². The zero-order valence-electron chi connectivity index (χ0n) is 24.3. The van der Waals surface area contributed by atoms with Crippen molar-refractivity contribution in [3.8, 4) is 17.2 Å². The molecule has 1 unspecified atom stereocenters. The summed E-state index contributed by atoms with van der Waals surface area (Å²) in [5.74, 6) is 1.30. The van der Waals surface area contributed by atoms with Crippen molar-refractivity contribution < 1.29 is 23.7 Å². The summed E-state index contributed by atoms with van der Waals surface area (Å²) in [5, 5.41) is 0. The van der Waals surface area contributed by atoms with Gasteiger partial charge in [0.05, 0.1) is 46.6 Å². The van der Waals surface area contributed by atoms with Crippen molar-refractivity contribution in [3.05, 3.63) is 119 Å². The van der Waals surface area contributed by atoms with Gasteiger partial charge in [-0.25, -0.2) is 9.79 Å². The first-order valence-electron chi connectivity index (χ1n) is 13.8. The lowest BCUT2D eigenvalue weighted by atomic mass is 9.96. The number of halogens is 1. The highest BCUT2D eigenvalue weighted by molar-refractivity contribution is 9.10. The highest BCUT2D eigenvalue weighted by Gasteiger charge is 2.33. The molecule has 8 nitrogen and oxygen atoms in total. The van der Waals surface area contributed by atoms with E-state index in [0.29, 0.717) is 55.5 Å². The zero-order chi connectivity index (χ0) is 30.5. The van der Waals surface area contributed by atoms with E-state index in [2.05, 4.69) is 20.9 Å². The van der Waals surface area contributed by atoms with Gasteiger partial charge in [-0.2, -0.15) is 0 Å². The Morgan fingerprint density at radius 1 is 1.05 bits per heavy atom. The maximum Gasteiger partial charge on any atom is 0.338 e. The van der Waals surface area contributed by atoms with Crippen LogP contribution in [0.2, 0.25) is 0 Å². The fourth-order valence-electron chi connectivity index (χ4n) is 4.85. The second-order valence-electron chi connectivity index (χ2n) is 9.61. The summed E-state index contributed by atoms with van der Waals surface area (Å²) < 4.78 is 25.5. The van der Waals surface area contributed by atoms with Gasteiger partial charge >= 0.3 is 5.97 Å². The molecule has 0 fully saturated rings. The zero-order valence-corrected chi connectivity index (χ0v) is 26.7. The lowest BCUT2D eigenvalue weighted by Crippen LogP contribution is -2.39. The Hall–Kier alpha value is -4.15. The van der Waals surface area contributed by atoms with Crippen LogP contribution in [-0.4, -0.2) is 30.9 Å². The first-order chi connectivity index (χ1) is 20.8. The maximum atomic E-state index is 14.0. The van der Waals surface area contributed by atoms with Crippen molar-refractivity contribution in [2.45, 2.75) is 33.4 Å².